The summed E-state index contributed by atoms with van der Waals surface area (Å²) in [6.07, 6.45) is 0. The van der Waals surface area contributed by atoms with Crippen molar-refractivity contribution in [2.75, 3.05) is 6.54 Å². The first kappa shape index (κ1) is 34.8. The highest BCUT2D eigenvalue weighted by Gasteiger charge is 2.45. The van der Waals surface area contributed by atoms with Crippen LogP contribution in [0.15, 0.2) is 16.7 Å². The van der Waals surface area contributed by atoms with Crippen molar-refractivity contribution < 1.29 is 52.7 Å². The molecule has 0 aromatic heterocycles. The van der Waals surface area contributed by atoms with E-state index >= 15 is 26.3 Å². The van der Waals surface area contributed by atoms with E-state index in [0.717, 1.165) is 24.3 Å². The second kappa shape index (κ2) is 12.6. The van der Waals surface area contributed by atoms with E-state index in [1.165, 1.54) is 0 Å². The van der Waals surface area contributed by atoms with Crippen LogP contribution in [0.25, 0.3) is 16.7 Å². The van der Waals surface area contributed by atoms with Gasteiger partial charge in [0.1, 0.15) is 35.4 Å². The molecule has 4 N–H and O–H groups in total. The van der Waals surface area contributed by atoms with Crippen LogP contribution in [-0.4, -0.2) is 6.54 Å². The number of hydrogen-bond donors (Lipinski definition) is 2. The highest BCUT2D eigenvalue weighted by atomic mass is 19.2. The van der Waals surface area contributed by atoms with Gasteiger partial charge in [0.2, 0.25) is 0 Å². The zero-order valence-corrected chi connectivity index (χ0v) is 22.9. The summed E-state index contributed by atoms with van der Waals surface area (Å²) in [5, 5.41) is 37.5. The SMILES string of the molecule is N#C/C(=C1\C(=C(\C#N)c2c(F)c(F)c(C#N)c(F)c2F)\C1=C(\CN)c1c(F)c(F)c(C#N)c(F)c1F)c1c(F)c(F)c(CN)c(F)c1F. The average Bonchev–Trinajstić information content (AvgIpc) is 3.78. The predicted octanol–water partition coefficient (Wildman–Crippen LogP) is 6.24. The fraction of sp³-hybridized carbons (Fsp3) is 0.0667. The molecule has 1 aliphatic rings. The molecule has 3 aromatic rings. The Morgan fingerprint density at radius 3 is 1.02 bits per heavy atom. The highest BCUT2D eigenvalue weighted by Crippen LogP contribution is 2.57. The third-order valence-electron chi connectivity index (χ3n) is 7.03. The van der Waals surface area contributed by atoms with E-state index in [-0.39, 0.29) is 0 Å². The lowest BCUT2D eigenvalue weighted by Crippen LogP contribution is -2.12. The van der Waals surface area contributed by atoms with Crippen LogP contribution < -0.4 is 11.5 Å². The Kier molecular flexibility index (Phi) is 9.14. The lowest BCUT2D eigenvalue weighted by molar-refractivity contribution is 0.436. The van der Waals surface area contributed by atoms with Crippen molar-refractivity contribution >= 4 is 16.7 Å². The molecular weight excluding hydrogens is 672 g/mol. The molecule has 0 amide bonds. The summed E-state index contributed by atoms with van der Waals surface area (Å²) in [5.41, 5.74) is -8.23. The summed E-state index contributed by atoms with van der Waals surface area (Å²) in [7, 11) is 0. The monoisotopic (exact) mass is 680 g/mol. The zero-order chi connectivity index (χ0) is 36.1. The smallest absolute Gasteiger partial charge is 0.180 e. The van der Waals surface area contributed by atoms with Crippen molar-refractivity contribution in [3.05, 3.63) is 120 Å². The van der Waals surface area contributed by atoms with Gasteiger partial charge in [0.05, 0.1) is 27.8 Å². The van der Waals surface area contributed by atoms with Crippen molar-refractivity contribution in [1.82, 2.24) is 0 Å². The van der Waals surface area contributed by atoms with Gasteiger partial charge in [-0.05, 0) is 11.1 Å². The number of halogens is 12. The molecule has 242 valence electrons. The van der Waals surface area contributed by atoms with Crippen molar-refractivity contribution in [2.24, 2.45) is 11.5 Å². The van der Waals surface area contributed by atoms with Gasteiger partial charge in [-0.15, -0.1) is 0 Å². The van der Waals surface area contributed by atoms with Crippen LogP contribution in [0.1, 0.15) is 33.4 Å². The summed E-state index contributed by atoms with van der Waals surface area (Å²) >= 11 is 0. The Balaban J connectivity index is 2.36. The van der Waals surface area contributed by atoms with E-state index in [1.54, 1.807) is 0 Å². The fourth-order valence-corrected chi connectivity index (χ4v) is 4.81. The minimum Gasteiger partial charge on any atom is -0.326 e. The van der Waals surface area contributed by atoms with E-state index in [0.29, 0.717) is 0 Å². The molecule has 1 fully saturated rings. The fourth-order valence-electron chi connectivity index (χ4n) is 4.81. The van der Waals surface area contributed by atoms with Crippen molar-refractivity contribution in [2.45, 2.75) is 6.54 Å². The topological polar surface area (TPSA) is 147 Å². The maximum atomic E-state index is 15.2. The molecule has 1 saturated carbocycles. The van der Waals surface area contributed by atoms with E-state index in [1.807, 2.05) is 0 Å². The minimum atomic E-state index is -2.46. The number of nitrogens with zero attached hydrogens (tertiary/aromatic N) is 4. The van der Waals surface area contributed by atoms with E-state index in [4.69, 9.17) is 22.0 Å². The Hall–Kier alpha value is -6.08. The molecule has 48 heavy (non-hydrogen) atoms. The predicted molar refractivity (Wildman–Crippen MR) is 137 cm³/mol. The molecule has 0 radical (unpaired) electrons. The summed E-state index contributed by atoms with van der Waals surface area (Å²) in [6.45, 7) is -2.46. The molecule has 1 aliphatic carbocycles. The third kappa shape index (κ3) is 4.83. The van der Waals surface area contributed by atoms with Gasteiger partial charge in [0.15, 0.2) is 69.8 Å². The summed E-state index contributed by atoms with van der Waals surface area (Å²) in [5.74, 6) is -28.1. The average molecular weight is 680 g/mol. The largest absolute Gasteiger partial charge is 0.326 e. The van der Waals surface area contributed by atoms with Gasteiger partial charge in [-0.3, -0.25) is 0 Å². The number of nitriles is 4. The van der Waals surface area contributed by atoms with Crippen molar-refractivity contribution in [1.29, 1.82) is 21.0 Å². The van der Waals surface area contributed by atoms with Gasteiger partial charge in [-0.25, -0.2) is 52.7 Å². The Labute approximate surface area is 259 Å². The molecule has 0 saturated heterocycles. The first-order valence-electron chi connectivity index (χ1n) is 12.4. The number of hydrogen-bond acceptors (Lipinski definition) is 6. The van der Waals surface area contributed by atoms with Crippen molar-refractivity contribution in [3.63, 3.8) is 0 Å². The lowest BCUT2D eigenvalue weighted by Gasteiger charge is -2.11. The second-order valence-corrected chi connectivity index (χ2v) is 9.33. The first-order valence-corrected chi connectivity index (χ1v) is 12.4. The van der Waals surface area contributed by atoms with Gasteiger partial charge in [-0.2, -0.15) is 21.0 Å². The molecule has 3 aromatic carbocycles. The van der Waals surface area contributed by atoms with Crippen LogP contribution in [0.3, 0.4) is 0 Å². The van der Waals surface area contributed by atoms with E-state index in [2.05, 4.69) is 0 Å². The van der Waals surface area contributed by atoms with Crippen LogP contribution >= 0.6 is 0 Å². The second-order valence-electron chi connectivity index (χ2n) is 9.33. The Bertz CT molecular complexity index is 2190. The Morgan fingerprint density at radius 1 is 0.438 bits per heavy atom. The lowest BCUT2D eigenvalue weighted by atomic mass is 9.98. The maximum Gasteiger partial charge on any atom is 0.180 e. The van der Waals surface area contributed by atoms with E-state index in [9.17, 15) is 36.9 Å². The van der Waals surface area contributed by atoms with Crippen LogP contribution in [-0.2, 0) is 6.54 Å². The molecule has 0 unspecified atom stereocenters. The maximum absolute atomic E-state index is 15.2. The van der Waals surface area contributed by atoms with Crippen LogP contribution in [0.5, 0.6) is 0 Å². The van der Waals surface area contributed by atoms with Gasteiger partial charge in [0.25, 0.3) is 0 Å². The van der Waals surface area contributed by atoms with Crippen LogP contribution in [0.2, 0.25) is 0 Å². The van der Waals surface area contributed by atoms with Gasteiger partial charge in [-0.1, -0.05) is 0 Å². The molecule has 18 heteroatoms. The first-order chi connectivity index (χ1) is 22.6. The molecule has 4 rings (SSSR count). The zero-order valence-electron chi connectivity index (χ0n) is 22.9. The molecular formula is C30H8F12N6. The van der Waals surface area contributed by atoms with Gasteiger partial charge >= 0.3 is 0 Å². The normalized spacial score (nSPS) is 15.3. The molecule has 0 heterocycles. The number of benzene rings is 3. The standard InChI is InChI=1S/C30H8F12N6/c31-19-10(4-46)20(32)26(38)16(25(19)37)7(1-43)13-14(8(2-44)17-27(39)21(33)11(5-47)22(34)28(17)40)15(13)9(3-45)18-29(41)23(35)12(6-48)24(36)30(18)42/h1,5,43,47H2/b13-7-,14-8+,15-9-. The molecule has 0 aliphatic heterocycles. The molecule has 6 nitrogen and oxygen atoms in total. The highest BCUT2D eigenvalue weighted by molar-refractivity contribution is 6.10. The number of allylic oxidation sites excluding steroid dienone is 5. The van der Waals surface area contributed by atoms with Crippen LogP contribution in [0.4, 0.5) is 52.7 Å². The summed E-state index contributed by atoms with van der Waals surface area (Å²) in [4.78, 5) is 0. The quantitative estimate of drug-likeness (QED) is 0.185. The van der Waals surface area contributed by atoms with Gasteiger partial charge in [0, 0.05) is 29.8 Å². The minimum absolute atomic E-state index is 0.806. The third-order valence-corrected chi connectivity index (χ3v) is 7.03. The molecule has 0 bridgehead atoms. The van der Waals surface area contributed by atoms with Gasteiger partial charge < -0.3 is 11.5 Å². The van der Waals surface area contributed by atoms with Crippen LogP contribution in [0, 0.1) is 115 Å². The van der Waals surface area contributed by atoms with Crippen molar-refractivity contribution in [3.8, 4) is 24.3 Å². The summed E-state index contributed by atoms with van der Waals surface area (Å²) in [6, 6.07) is 3.76. The Morgan fingerprint density at radius 2 is 0.750 bits per heavy atom. The molecule has 0 spiro atoms. The molecule has 0 atom stereocenters. The summed E-state index contributed by atoms with van der Waals surface area (Å²) < 4.78 is 178. The number of nitrogens with two attached hydrogens (primary N) is 2. The number of rotatable bonds is 5. The van der Waals surface area contributed by atoms with E-state index < -0.39 is 150 Å².